The van der Waals surface area contributed by atoms with Crippen LogP contribution in [0.25, 0.3) is 0 Å². The van der Waals surface area contributed by atoms with Crippen LogP contribution in [0.1, 0.15) is 51.3 Å². The van der Waals surface area contributed by atoms with E-state index in [-0.39, 0.29) is 5.41 Å². The number of fused-ring (bicyclic) bond motifs is 1. The molecule has 2 aromatic rings. The molecule has 0 spiro atoms. The average Bonchev–Trinajstić information content (AvgIpc) is 2.57. The third-order valence-corrected chi connectivity index (χ3v) is 5.92. The molecule has 0 aromatic heterocycles. The van der Waals surface area contributed by atoms with Gasteiger partial charge in [-0.1, -0.05) is 57.2 Å². The van der Waals surface area contributed by atoms with Crippen molar-refractivity contribution in [1.82, 2.24) is 0 Å². The predicted octanol–water partition coefficient (Wildman–Crippen LogP) is 5.12. The van der Waals surface area contributed by atoms with Crippen LogP contribution in [0.5, 0.6) is 0 Å². The summed E-state index contributed by atoms with van der Waals surface area (Å²) in [5.41, 5.74) is 2.57. The van der Waals surface area contributed by atoms with Crippen LogP contribution in [0, 0.1) is 0 Å². The van der Waals surface area contributed by atoms with Crippen molar-refractivity contribution in [3.63, 3.8) is 0 Å². The van der Waals surface area contributed by atoms with E-state index in [1.54, 1.807) is 18.7 Å². The lowest BCUT2D eigenvalue weighted by atomic mass is 9.87. The normalized spacial score (nSPS) is 26.3. The van der Waals surface area contributed by atoms with E-state index in [1.807, 2.05) is 31.2 Å². The van der Waals surface area contributed by atoms with Crippen LogP contribution in [0.3, 0.4) is 0 Å². The Hall–Kier alpha value is -1.33. The van der Waals surface area contributed by atoms with Crippen molar-refractivity contribution in [1.29, 1.82) is 0 Å². The third-order valence-electron chi connectivity index (χ3n) is 4.62. The van der Waals surface area contributed by atoms with Crippen LogP contribution in [0.4, 0.5) is 0 Å². The van der Waals surface area contributed by atoms with Gasteiger partial charge in [0.2, 0.25) is 5.79 Å². The highest BCUT2D eigenvalue weighted by atomic mass is 32.2. The molecule has 0 bridgehead atoms. The van der Waals surface area contributed by atoms with E-state index in [9.17, 15) is 5.11 Å². The highest BCUT2D eigenvalue weighted by Gasteiger charge is 2.44. The van der Waals surface area contributed by atoms with Gasteiger partial charge in [-0.15, -0.1) is 11.8 Å². The zero-order valence-corrected chi connectivity index (χ0v) is 16.3. The minimum atomic E-state index is -1.42. The second-order valence-electron chi connectivity index (χ2n) is 7.99. The van der Waals surface area contributed by atoms with E-state index in [0.29, 0.717) is 5.75 Å². The van der Waals surface area contributed by atoms with E-state index >= 15 is 0 Å². The summed E-state index contributed by atoms with van der Waals surface area (Å²) in [5.74, 6) is -0.732. The largest absolute Gasteiger partial charge is 0.360 e. The van der Waals surface area contributed by atoms with Gasteiger partial charge in [-0.2, -0.15) is 4.89 Å². The topological polar surface area (TPSA) is 38.7 Å². The molecule has 0 saturated carbocycles. The van der Waals surface area contributed by atoms with Crippen LogP contribution in [0.15, 0.2) is 53.4 Å². The number of thioether (sulfide) groups is 1. The van der Waals surface area contributed by atoms with Crippen molar-refractivity contribution in [2.24, 2.45) is 0 Å². The zero-order chi connectivity index (χ0) is 18.3. The molecule has 0 saturated heterocycles. The standard InChI is InChI=1S/C21H26O3S/c1-19(2,3)15-10-12-16(13-11-15)25-14-20(4)17-8-6-7-9-18(17)21(5,22)24-23-20/h6-13,22H,14H2,1-5H3/t20-,21?/m0/s1. The monoisotopic (exact) mass is 358 g/mol. The van der Waals surface area contributed by atoms with Gasteiger partial charge in [-0.25, -0.2) is 4.89 Å². The molecule has 0 radical (unpaired) electrons. The molecular weight excluding hydrogens is 332 g/mol. The maximum atomic E-state index is 10.4. The Bertz CT molecular complexity index is 746. The van der Waals surface area contributed by atoms with E-state index in [1.165, 1.54) is 10.5 Å². The van der Waals surface area contributed by atoms with Crippen molar-refractivity contribution >= 4 is 11.8 Å². The molecule has 1 aliphatic rings. The van der Waals surface area contributed by atoms with Gasteiger partial charge in [0, 0.05) is 16.2 Å². The molecule has 1 heterocycles. The Morgan fingerprint density at radius 3 is 2.12 bits per heavy atom. The molecular formula is C21H26O3S. The fraction of sp³-hybridized carbons (Fsp3) is 0.429. The van der Waals surface area contributed by atoms with Crippen molar-refractivity contribution < 1.29 is 14.9 Å². The molecule has 25 heavy (non-hydrogen) atoms. The highest BCUT2D eigenvalue weighted by molar-refractivity contribution is 7.99. The fourth-order valence-corrected chi connectivity index (χ4v) is 3.96. The molecule has 0 aliphatic carbocycles. The Morgan fingerprint density at radius 2 is 1.52 bits per heavy atom. The summed E-state index contributed by atoms with van der Waals surface area (Å²) in [7, 11) is 0. The molecule has 3 nitrogen and oxygen atoms in total. The molecule has 1 unspecified atom stereocenters. The van der Waals surface area contributed by atoms with Gasteiger partial charge in [0.15, 0.2) is 0 Å². The third kappa shape index (κ3) is 3.77. The first-order valence-electron chi connectivity index (χ1n) is 8.54. The first kappa shape index (κ1) is 18.5. The lowest BCUT2D eigenvalue weighted by molar-refractivity contribution is -0.471. The van der Waals surface area contributed by atoms with Gasteiger partial charge < -0.3 is 5.11 Å². The smallest absolute Gasteiger partial charge is 0.222 e. The second-order valence-corrected chi connectivity index (χ2v) is 9.04. The molecule has 2 aromatic carbocycles. The summed E-state index contributed by atoms with van der Waals surface area (Å²) < 4.78 is 0. The molecule has 0 fully saturated rings. The fourth-order valence-electron chi connectivity index (χ4n) is 2.99. The Morgan fingerprint density at radius 1 is 0.920 bits per heavy atom. The van der Waals surface area contributed by atoms with Gasteiger partial charge in [0.1, 0.15) is 5.60 Å². The number of hydrogen-bond donors (Lipinski definition) is 1. The first-order chi connectivity index (χ1) is 11.6. The summed E-state index contributed by atoms with van der Waals surface area (Å²) >= 11 is 1.72. The molecule has 2 atom stereocenters. The molecule has 134 valence electrons. The summed E-state index contributed by atoms with van der Waals surface area (Å²) in [6, 6.07) is 16.4. The average molecular weight is 359 g/mol. The predicted molar refractivity (Wildman–Crippen MR) is 101 cm³/mol. The molecule has 1 N–H and O–H groups in total. The maximum absolute atomic E-state index is 10.4. The molecule has 1 aliphatic heterocycles. The van der Waals surface area contributed by atoms with Crippen molar-refractivity contribution in [3.8, 4) is 0 Å². The summed E-state index contributed by atoms with van der Waals surface area (Å²) in [4.78, 5) is 12.1. The Balaban J connectivity index is 1.79. The van der Waals surface area contributed by atoms with Gasteiger partial charge >= 0.3 is 0 Å². The van der Waals surface area contributed by atoms with Crippen molar-refractivity contribution in [2.45, 2.75) is 56.3 Å². The highest BCUT2D eigenvalue weighted by Crippen LogP contribution is 2.43. The van der Waals surface area contributed by atoms with Crippen molar-refractivity contribution in [3.05, 3.63) is 65.2 Å². The Labute approximate surface area is 154 Å². The van der Waals surface area contributed by atoms with Crippen LogP contribution in [-0.2, 0) is 26.6 Å². The second kappa shape index (κ2) is 6.44. The molecule has 3 rings (SSSR count). The van der Waals surface area contributed by atoms with Crippen molar-refractivity contribution in [2.75, 3.05) is 5.75 Å². The lowest BCUT2D eigenvalue weighted by Gasteiger charge is -2.40. The lowest BCUT2D eigenvalue weighted by Crippen LogP contribution is -2.42. The van der Waals surface area contributed by atoms with Crippen LogP contribution >= 0.6 is 11.8 Å². The summed E-state index contributed by atoms with van der Waals surface area (Å²) in [6.07, 6.45) is 0. The van der Waals surface area contributed by atoms with E-state index in [2.05, 4.69) is 45.0 Å². The van der Waals surface area contributed by atoms with E-state index < -0.39 is 11.4 Å². The number of benzene rings is 2. The number of rotatable bonds is 3. The minimum absolute atomic E-state index is 0.153. The van der Waals surface area contributed by atoms with E-state index in [4.69, 9.17) is 9.78 Å². The minimum Gasteiger partial charge on any atom is -0.360 e. The number of aliphatic hydroxyl groups is 1. The van der Waals surface area contributed by atoms with Gasteiger partial charge in [0.05, 0.1) is 0 Å². The van der Waals surface area contributed by atoms with E-state index in [0.717, 1.165) is 11.1 Å². The summed E-state index contributed by atoms with van der Waals surface area (Å²) in [6.45, 7) is 10.2. The SMILES string of the molecule is CC(C)(C)c1ccc(SC[C@]2(C)OOC(C)(O)c3ccccc32)cc1. The van der Waals surface area contributed by atoms with Crippen LogP contribution < -0.4 is 0 Å². The zero-order valence-electron chi connectivity index (χ0n) is 15.5. The van der Waals surface area contributed by atoms with Gasteiger partial charge in [-0.3, -0.25) is 0 Å². The van der Waals surface area contributed by atoms with Gasteiger partial charge in [-0.05, 0) is 42.5 Å². The Kier molecular flexibility index (Phi) is 4.75. The maximum Gasteiger partial charge on any atom is 0.222 e. The number of hydrogen-bond acceptors (Lipinski definition) is 4. The quantitative estimate of drug-likeness (QED) is 0.611. The summed E-state index contributed by atoms with van der Waals surface area (Å²) in [5, 5.41) is 10.4. The van der Waals surface area contributed by atoms with Gasteiger partial charge in [0.25, 0.3) is 0 Å². The van der Waals surface area contributed by atoms with Crippen LogP contribution in [-0.4, -0.2) is 10.9 Å². The molecule has 0 amide bonds. The molecule has 4 heteroatoms. The van der Waals surface area contributed by atoms with Crippen LogP contribution in [0.2, 0.25) is 0 Å². The first-order valence-corrected chi connectivity index (χ1v) is 9.53.